The van der Waals surface area contributed by atoms with Crippen LogP contribution in [0.5, 0.6) is 11.5 Å². The van der Waals surface area contributed by atoms with Crippen molar-refractivity contribution in [3.63, 3.8) is 0 Å². The fourth-order valence-corrected chi connectivity index (χ4v) is 2.73. The molecule has 0 aliphatic heterocycles. The monoisotopic (exact) mass is 349 g/mol. The molecule has 0 aliphatic rings. The lowest BCUT2D eigenvalue weighted by molar-refractivity contribution is 0.308. The molecule has 0 aliphatic carbocycles. The van der Waals surface area contributed by atoms with E-state index < -0.39 is 0 Å². The Morgan fingerprint density at radius 3 is 2.62 bits per heavy atom. The molecule has 2 aromatic carbocycles. The molecule has 112 valence electrons. The van der Waals surface area contributed by atoms with E-state index in [9.17, 15) is 0 Å². The van der Waals surface area contributed by atoms with Crippen LogP contribution in [0.3, 0.4) is 0 Å². The van der Waals surface area contributed by atoms with Gasteiger partial charge in [-0.05, 0) is 59.1 Å². The van der Waals surface area contributed by atoms with Gasteiger partial charge in [-0.2, -0.15) is 0 Å². The zero-order valence-electron chi connectivity index (χ0n) is 12.6. The third-order valence-electron chi connectivity index (χ3n) is 3.21. The second kappa shape index (κ2) is 7.36. The topological polar surface area (TPSA) is 30.5 Å². The first-order valence-electron chi connectivity index (χ1n) is 6.94. The molecule has 0 fully saturated rings. The van der Waals surface area contributed by atoms with Crippen LogP contribution in [-0.2, 0) is 6.54 Å². The van der Waals surface area contributed by atoms with Crippen LogP contribution in [-0.4, -0.2) is 13.7 Å². The predicted octanol–water partition coefficient (Wildman–Crippen LogP) is 4.78. The SMILES string of the molecule is CCOc1c(Br)cc(CNc2ccccc2C)cc1OC. The van der Waals surface area contributed by atoms with Crippen LogP contribution in [0.4, 0.5) is 5.69 Å². The molecule has 1 N–H and O–H groups in total. The number of hydrogen-bond acceptors (Lipinski definition) is 3. The molecule has 2 aromatic rings. The van der Waals surface area contributed by atoms with Gasteiger partial charge in [0, 0.05) is 12.2 Å². The predicted molar refractivity (Wildman–Crippen MR) is 90.4 cm³/mol. The summed E-state index contributed by atoms with van der Waals surface area (Å²) in [7, 11) is 1.66. The lowest BCUT2D eigenvalue weighted by Gasteiger charge is -2.14. The van der Waals surface area contributed by atoms with Gasteiger partial charge in [-0.1, -0.05) is 18.2 Å². The first-order valence-corrected chi connectivity index (χ1v) is 7.73. The number of hydrogen-bond donors (Lipinski definition) is 1. The van der Waals surface area contributed by atoms with Gasteiger partial charge >= 0.3 is 0 Å². The Labute approximate surface area is 134 Å². The van der Waals surface area contributed by atoms with E-state index >= 15 is 0 Å². The minimum absolute atomic E-state index is 0.607. The van der Waals surface area contributed by atoms with E-state index in [4.69, 9.17) is 9.47 Å². The van der Waals surface area contributed by atoms with Gasteiger partial charge in [-0.25, -0.2) is 0 Å². The van der Waals surface area contributed by atoms with Crippen molar-refractivity contribution in [2.24, 2.45) is 0 Å². The number of para-hydroxylation sites is 1. The van der Waals surface area contributed by atoms with Crippen LogP contribution in [0.1, 0.15) is 18.1 Å². The summed E-state index contributed by atoms with van der Waals surface area (Å²) in [6.07, 6.45) is 0. The number of ether oxygens (including phenoxy) is 2. The first kappa shape index (κ1) is 15.7. The van der Waals surface area contributed by atoms with Crippen LogP contribution in [0.2, 0.25) is 0 Å². The van der Waals surface area contributed by atoms with E-state index in [-0.39, 0.29) is 0 Å². The largest absolute Gasteiger partial charge is 0.493 e. The van der Waals surface area contributed by atoms with Crippen LogP contribution in [0, 0.1) is 6.92 Å². The number of benzene rings is 2. The molecule has 0 unspecified atom stereocenters. The molecule has 0 aromatic heterocycles. The van der Waals surface area contributed by atoms with Crippen molar-refractivity contribution < 1.29 is 9.47 Å². The van der Waals surface area contributed by atoms with Gasteiger partial charge in [0.1, 0.15) is 0 Å². The number of anilines is 1. The Balaban J connectivity index is 2.17. The fraction of sp³-hybridized carbons (Fsp3) is 0.294. The highest BCUT2D eigenvalue weighted by molar-refractivity contribution is 9.10. The van der Waals surface area contributed by atoms with E-state index in [1.807, 2.05) is 25.1 Å². The summed E-state index contributed by atoms with van der Waals surface area (Å²) < 4.78 is 11.9. The van der Waals surface area contributed by atoms with Crippen LogP contribution < -0.4 is 14.8 Å². The van der Waals surface area contributed by atoms with Gasteiger partial charge in [0.15, 0.2) is 11.5 Å². The molecule has 3 nitrogen and oxygen atoms in total. The highest BCUT2D eigenvalue weighted by atomic mass is 79.9. The maximum Gasteiger partial charge on any atom is 0.175 e. The highest BCUT2D eigenvalue weighted by Crippen LogP contribution is 2.36. The van der Waals surface area contributed by atoms with Gasteiger partial charge < -0.3 is 14.8 Å². The third-order valence-corrected chi connectivity index (χ3v) is 3.79. The Bertz CT molecular complexity index is 614. The number of nitrogens with one attached hydrogen (secondary N) is 1. The van der Waals surface area contributed by atoms with E-state index in [0.717, 1.165) is 33.8 Å². The highest BCUT2D eigenvalue weighted by Gasteiger charge is 2.11. The van der Waals surface area contributed by atoms with E-state index in [0.29, 0.717) is 6.61 Å². The summed E-state index contributed by atoms with van der Waals surface area (Å²) in [6, 6.07) is 12.3. The molecule has 0 bridgehead atoms. The molecule has 21 heavy (non-hydrogen) atoms. The first-order chi connectivity index (χ1) is 10.2. The molecule has 2 rings (SSSR count). The third kappa shape index (κ3) is 3.91. The summed E-state index contributed by atoms with van der Waals surface area (Å²) >= 11 is 3.55. The zero-order valence-corrected chi connectivity index (χ0v) is 14.2. The Kier molecular flexibility index (Phi) is 5.51. The van der Waals surface area contributed by atoms with Crippen molar-refractivity contribution in [3.8, 4) is 11.5 Å². The summed E-state index contributed by atoms with van der Waals surface area (Å²) in [6.45, 7) is 5.39. The summed E-state index contributed by atoms with van der Waals surface area (Å²) in [4.78, 5) is 0. The van der Waals surface area contributed by atoms with Crippen molar-refractivity contribution >= 4 is 21.6 Å². The second-order valence-electron chi connectivity index (χ2n) is 4.71. The van der Waals surface area contributed by atoms with Crippen molar-refractivity contribution in [3.05, 3.63) is 52.0 Å². The summed E-state index contributed by atoms with van der Waals surface area (Å²) in [5.41, 5.74) is 3.50. The molecule has 0 amide bonds. The van der Waals surface area contributed by atoms with Crippen molar-refractivity contribution in [1.29, 1.82) is 0 Å². The van der Waals surface area contributed by atoms with Crippen molar-refractivity contribution in [2.75, 3.05) is 19.0 Å². The zero-order chi connectivity index (χ0) is 15.2. The lowest BCUT2D eigenvalue weighted by atomic mass is 10.1. The lowest BCUT2D eigenvalue weighted by Crippen LogP contribution is -2.03. The molecular formula is C17H20BrNO2. The molecule has 0 radical (unpaired) electrons. The standard InChI is InChI=1S/C17H20BrNO2/c1-4-21-17-14(18)9-13(10-16(17)20-3)11-19-15-8-6-5-7-12(15)2/h5-10,19H,4,11H2,1-3H3. The average Bonchev–Trinajstić information content (AvgIpc) is 2.48. The molecule has 0 spiro atoms. The van der Waals surface area contributed by atoms with E-state index in [2.05, 4.69) is 46.4 Å². The van der Waals surface area contributed by atoms with Crippen LogP contribution >= 0.6 is 15.9 Å². The Morgan fingerprint density at radius 2 is 1.95 bits per heavy atom. The average molecular weight is 350 g/mol. The number of aryl methyl sites for hydroxylation is 1. The van der Waals surface area contributed by atoms with Gasteiger partial charge in [0.2, 0.25) is 0 Å². The molecule has 0 saturated heterocycles. The van der Waals surface area contributed by atoms with Gasteiger partial charge in [0.25, 0.3) is 0 Å². The Morgan fingerprint density at radius 1 is 1.19 bits per heavy atom. The summed E-state index contributed by atoms with van der Waals surface area (Å²) in [5.74, 6) is 1.49. The number of halogens is 1. The normalized spacial score (nSPS) is 10.3. The maximum absolute atomic E-state index is 5.60. The van der Waals surface area contributed by atoms with Crippen LogP contribution in [0.15, 0.2) is 40.9 Å². The van der Waals surface area contributed by atoms with Crippen molar-refractivity contribution in [1.82, 2.24) is 0 Å². The van der Waals surface area contributed by atoms with Crippen LogP contribution in [0.25, 0.3) is 0 Å². The summed E-state index contributed by atoms with van der Waals surface area (Å²) in [5, 5.41) is 3.44. The molecule has 4 heteroatoms. The number of rotatable bonds is 6. The smallest absolute Gasteiger partial charge is 0.175 e. The number of methoxy groups -OCH3 is 1. The minimum Gasteiger partial charge on any atom is -0.493 e. The molecule has 0 heterocycles. The second-order valence-corrected chi connectivity index (χ2v) is 5.56. The molecular weight excluding hydrogens is 330 g/mol. The van der Waals surface area contributed by atoms with Gasteiger partial charge in [-0.3, -0.25) is 0 Å². The van der Waals surface area contributed by atoms with Gasteiger partial charge in [0.05, 0.1) is 18.2 Å². The quantitative estimate of drug-likeness (QED) is 0.814. The maximum atomic E-state index is 5.60. The van der Waals surface area contributed by atoms with Crippen molar-refractivity contribution in [2.45, 2.75) is 20.4 Å². The minimum atomic E-state index is 0.607. The fourth-order valence-electron chi connectivity index (χ4n) is 2.13. The molecule has 0 atom stereocenters. The van der Waals surface area contributed by atoms with E-state index in [1.54, 1.807) is 7.11 Å². The van der Waals surface area contributed by atoms with Gasteiger partial charge in [-0.15, -0.1) is 0 Å². The Hall–Kier alpha value is -1.68. The van der Waals surface area contributed by atoms with E-state index in [1.165, 1.54) is 5.56 Å². The molecule has 0 saturated carbocycles.